The Bertz CT molecular complexity index is 599. The van der Waals surface area contributed by atoms with E-state index in [1.54, 1.807) is 11.8 Å². The molecule has 1 aromatic carbocycles. The van der Waals surface area contributed by atoms with Gasteiger partial charge >= 0.3 is 0 Å². The smallest absolute Gasteiger partial charge is 0.243 e. The molecule has 0 fully saturated rings. The molecule has 5 heteroatoms. The SMILES string of the molecule is CSCCC(N)c1nc(C2CCCc3ccccc32)no1. The molecule has 3 rings (SSSR count). The molecule has 0 spiro atoms. The highest BCUT2D eigenvalue weighted by atomic mass is 32.2. The van der Waals surface area contributed by atoms with Gasteiger partial charge in [-0.15, -0.1) is 0 Å². The van der Waals surface area contributed by atoms with Crippen molar-refractivity contribution >= 4 is 11.8 Å². The third-order valence-electron chi connectivity index (χ3n) is 4.09. The molecular formula is C16H21N3OS. The first-order chi connectivity index (χ1) is 10.3. The molecule has 0 bridgehead atoms. The normalized spacial score (nSPS) is 19.2. The number of aryl methyl sites for hydroxylation is 1. The van der Waals surface area contributed by atoms with Crippen LogP contribution in [-0.4, -0.2) is 22.1 Å². The van der Waals surface area contributed by atoms with Crippen LogP contribution < -0.4 is 5.73 Å². The van der Waals surface area contributed by atoms with Crippen molar-refractivity contribution in [2.24, 2.45) is 5.73 Å². The Hall–Kier alpha value is -1.33. The average molecular weight is 303 g/mol. The van der Waals surface area contributed by atoms with Crippen LogP contribution in [0.25, 0.3) is 0 Å². The molecule has 2 N–H and O–H groups in total. The maximum absolute atomic E-state index is 6.11. The lowest BCUT2D eigenvalue weighted by atomic mass is 9.82. The van der Waals surface area contributed by atoms with Crippen LogP contribution in [0.15, 0.2) is 28.8 Å². The summed E-state index contributed by atoms with van der Waals surface area (Å²) in [4.78, 5) is 4.57. The van der Waals surface area contributed by atoms with E-state index in [2.05, 4.69) is 40.7 Å². The zero-order chi connectivity index (χ0) is 14.7. The van der Waals surface area contributed by atoms with Gasteiger partial charge in [-0.1, -0.05) is 29.4 Å². The Morgan fingerprint density at radius 3 is 3.14 bits per heavy atom. The monoisotopic (exact) mass is 303 g/mol. The average Bonchev–Trinajstić information content (AvgIpc) is 3.02. The van der Waals surface area contributed by atoms with Crippen LogP contribution in [0.4, 0.5) is 0 Å². The number of thioether (sulfide) groups is 1. The highest BCUT2D eigenvalue weighted by molar-refractivity contribution is 7.98. The number of benzene rings is 1. The van der Waals surface area contributed by atoms with Crippen LogP contribution in [0.2, 0.25) is 0 Å². The van der Waals surface area contributed by atoms with Crippen molar-refractivity contribution in [2.45, 2.75) is 37.6 Å². The second-order valence-corrected chi connectivity index (χ2v) is 6.51. The number of nitrogens with two attached hydrogens (primary N) is 1. The summed E-state index contributed by atoms with van der Waals surface area (Å²) in [7, 11) is 0. The van der Waals surface area contributed by atoms with E-state index in [0.717, 1.165) is 30.8 Å². The molecule has 1 heterocycles. The van der Waals surface area contributed by atoms with Gasteiger partial charge in [-0.05, 0) is 48.8 Å². The number of fused-ring (bicyclic) bond motifs is 1. The molecule has 0 saturated heterocycles. The van der Waals surface area contributed by atoms with Gasteiger partial charge in [-0.25, -0.2) is 0 Å². The van der Waals surface area contributed by atoms with Crippen molar-refractivity contribution < 1.29 is 4.52 Å². The predicted molar refractivity (Wildman–Crippen MR) is 85.4 cm³/mol. The van der Waals surface area contributed by atoms with E-state index in [1.807, 2.05) is 0 Å². The molecule has 4 nitrogen and oxygen atoms in total. The largest absolute Gasteiger partial charge is 0.338 e. The fourth-order valence-corrected chi connectivity index (χ4v) is 3.42. The predicted octanol–water partition coefficient (Wildman–Crippen LogP) is 3.29. The molecule has 112 valence electrons. The highest BCUT2D eigenvalue weighted by Crippen LogP contribution is 2.35. The summed E-state index contributed by atoms with van der Waals surface area (Å²) in [5.74, 6) is 2.62. The molecule has 1 aliphatic carbocycles. The lowest BCUT2D eigenvalue weighted by Gasteiger charge is -2.22. The molecule has 1 aromatic heterocycles. The van der Waals surface area contributed by atoms with E-state index in [1.165, 1.54) is 17.5 Å². The zero-order valence-electron chi connectivity index (χ0n) is 12.3. The van der Waals surface area contributed by atoms with E-state index in [0.29, 0.717) is 5.89 Å². The zero-order valence-corrected chi connectivity index (χ0v) is 13.1. The van der Waals surface area contributed by atoms with Gasteiger partial charge in [-0.3, -0.25) is 0 Å². The molecular weight excluding hydrogens is 282 g/mol. The third-order valence-corrected chi connectivity index (χ3v) is 4.73. The van der Waals surface area contributed by atoms with Crippen LogP contribution in [0.3, 0.4) is 0 Å². The topological polar surface area (TPSA) is 64.9 Å². The minimum absolute atomic E-state index is 0.155. The Morgan fingerprint density at radius 1 is 1.43 bits per heavy atom. The third kappa shape index (κ3) is 3.14. The standard InChI is InChI=1S/C16H21N3OS/c1-21-10-9-14(17)16-18-15(19-20-16)13-8-4-6-11-5-2-3-7-12(11)13/h2-3,5,7,13-14H,4,6,8-10,17H2,1H3. The minimum Gasteiger partial charge on any atom is -0.338 e. The first-order valence-electron chi connectivity index (χ1n) is 7.45. The van der Waals surface area contributed by atoms with Gasteiger partial charge in [0.2, 0.25) is 5.89 Å². The van der Waals surface area contributed by atoms with Crippen LogP contribution in [0, 0.1) is 0 Å². The minimum atomic E-state index is -0.155. The van der Waals surface area contributed by atoms with E-state index in [9.17, 15) is 0 Å². The molecule has 2 unspecified atom stereocenters. The molecule has 0 amide bonds. The van der Waals surface area contributed by atoms with Crippen LogP contribution in [0.5, 0.6) is 0 Å². The summed E-state index contributed by atoms with van der Waals surface area (Å²) in [6, 6.07) is 8.41. The summed E-state index contributed by atoms with van der Waals surface area (Å²) in [5.41, 5.74) is 8.86. The van der Waals surface area contributed by atoms with E-state index in [-0.39, 0.29) is 12.0 Å². The summed E-state index contributed by atoms with van der Waals surface area (Å²) < 4.78 is 5.40. The van der Waals surface area contributed by atoms with Gasteiger partial charge in [0.25, 0.3) is 0 Å². The summed E-state index contributed by atoms with van der Waals surface area (Å²) >= 11 is 1.78. The molecule has 2 aromatic rings. The van der Waals surface area contributed by atoms with Gasteiger partial charge in [0, 0.05) is 5.92 Å². The summed E-state index contributed by atoms with van der Waals surface area (Å²) in [5, 5.41) is 4.19. The van der Waals surface area contributed by atoms with Gasteiger partial charge in [0.1, 0.15) is 0 Å². The lowest BCUT2D eigenvalue weighted by molar-refractivity contribution is 0.346. The molecule has 0 saturated carbocycles. The summed E-state index contributed by atoms with van der Waals surface area (Å²) in [6.45, 7) is 0. The first-order valence-corrected chi connectivity index (χ1v) is 8.85. The van der Waals surface area contributed by atoms with E-state index in [4.69, 9.17) is 10.3 Å². The van der Waals surface area contributed by atoms with E-state index < -0.39 is 0 Å². The van der Waals surface area contributed by atoms with E-state index >= 15 is 0 Å². The van der Waals surface area contributed by atoms with Crippen molar-refractivity contribution in [3.05, 3.63) is 47.1 Å². The van der Waals surface area contributed by atoms with Crippen molar-refractivity contribution in [3.8, 4) is 0 Å². The van der Waals surface area contributed by atoms with Gasteiger partial charge in [0.05, 0.1) is 6.04 Å². The number of rotatable bonds is 5. The molecule has 1 aliphatic rings. The maximum Gasteiger partial charge on any atom is 0.243 e. The van der Waals surface area contributed by atoms with Crippen molar-refractivity contribution in [1.29, 1.82) is 0 Å². The highest BCUT2D eigenvalue weighted by Gasteiger charge is 2.26. The molecule has 2 atom stereocenters. The molecule has 21 heavy (non-hydrogen) atoms. The number of nitrogens with zero attached hydrogens (tertiary/aromatic N) is 2. The number of hydrogen-bond donors (Lipinski definition) is 1. The van der Waals surface area contributed by atoms with Gasteiger partial charge in [0.15, 0.2) is 5.82 Å². The van der Waals surface area contributed by atoms with Crippen LogP contribution in [-0.2, 0) is 6.42 Å². The van der Waals surface area contributed by atoms with Gasteiger partial charge in [-0.2, -0.15) is 16.7 Å². The van der Waals surface area contributed by atoms with Crippen LogP contribution in [0.1, 0.15) is 54.1 Å². The van der Waals surface area contributed by atoms with Crippen LogP contribution >= 0.6 is 11.8 Å². The van der Waals surface area contributed by atoms with Gasteiger partial charge < -0.3 is 10.3 Å². The van der Waals surface area contributed by atoms with Crippen molar-refractivity contribution in [3.63, 3.8) is 0 Å². The fraction of sp³-hybridized carbons (Fsp3) is 0.500. The Kier molecular flexibility index (Phi) is 4.60. The second kappa shape index (κ2) is 6.62. The Morgan fingerprint density at radius 2 is 2.29 bits per heavy atom. The molecule has 0 radical (unpaired) electrons. The molecule has 0 aliphatic heterocycles. The Labute approximate surface area is 129 Å². The maximum atomic E-state index is 6.11. The lowest BCUT2D eigenvalue weighted by Crippen LogP contribution is -2.14. The van der Waals surface area contributed by atoms with Crippen molar-refractivity contribution in [1.82, 2.24) is 10.1 Å². The number of aromatic nitrogens is 2. The quantitative estimate of drug-likeness (QED) is 0.918. The van der Waals surface area contributed by atoms with Crippen molar-refractivity contribution in [2.75, 3.05) is 12.0 Å². The summed E-state index contributed by atoms with van der Waals surface area (Å²) in [6.07, 6.45) is 6.33. The first kappa shape index (κ1) is 14.6. The Balaban J connectivity index is 1.81. The number of hydrogen-bond acceptors (Lipinski definition) is 5. The fourth-order valence-electron chi connectivity index (χ4n) is 2.93. The second-order valence-electron chi connectivity index (χ2n) is 5.52.